The fraction of sp³-hybridized carbons (Fsp3) is 0.222. The zero-order chi connectivity index (χ0) is 19.8. The van der Waals surface area contributed by atoms with Crippen LogP contribution in [0.1, 0.15) is 20.7 Å². The fourth-order valence-electron chi connectivity index (χ4n) is 2.23. The molecule has 8 nitrogen and oxygen atoms in total. The average molecular weight is 376 g/mol. The van der Waals surface area contributed by atoms with Crippen molar-refractivity contribution in [3.63, 3.8) is 0 Å². The van der Waals surface area contributed by atoms with Crippen LogP contribution < -0.4 is 5.32 Å². The van der Waals surface area contributed by atoms with Gasteiger partial charge in [-0.25, -0.2) is 9.18 Å². The molecule has 0 amide bonds. The molecular weight excluding hydrogens is 359 g/mol. The molecule has 9 heteroatoms. The first-order valence-corrected chi connectivity index (χ1v) is 7.90. The Morgan fingerprint density at radius 1 is 1.22 bits per heavy atom. The molecule has 2 aromatic rings. The summed E-state index contributed by atoms with van der Waals surface area (Å²) in [5.41, 5.74) is -0.397. The molecule has 0 radical (unpaired) electrons. The van der Waals surface area contributed by atoms with Crippen LogP contribution in [-0.2, 0) is 9.47 Å². The van der Waals surface area contributed by atoms with Gasteiger partial charge in [-0.3, -0.25) is 14.9 Å². The minimum Gasteiger partial charge on any atom is -0.454 e. The smallest absolute Gasteiger partial charge is 0.338 e. The van der Waals surface area contributed by atoms with Gasteiger partial charge in [-0.15, -0.1) is 0 Å². The van der Waals surface area contributed by atoms with Gasteiger partial charge in [0.1, 0.15) is 11.5 Å². The number of nitrogens with one attached hydrogen (secondary N) is 1. The van der Waals surface area contributed by atoms with Gasteiger partial charge in [-0.1, -0.05) is 12.1 Å². The van der Waals surface area contributed by atoms with Crippen LogP contribution in [0.15, 0.2) is 42.5 Å². The maximum atomic E-state index is 13.5. The van der Waals surface area contributed by atoms with Crippen LogP contribution in [-0.4, -0.2) is 43.5 Å². The SMILES string of the molecule is COCCNc1ccc(C(=O)OCC(=O)c2ccccc2F)cc1[N+](=O)[O-]. The van der Waals surface area contributed by atoms with Crippen LogP contribution in [0.2, 0.25) is 0 Å². The molecule has 2 aromatic carbocycles. The van der Waals surface area contributed by atoms with Crippen molar-refractivity contribution >= 4 is 23.1 Å². The Kier molecular flexibility index (Phi) is 6.95. The van der Waals surface area contributed by atoms with Crippen molar-refractivity contribution in [1.29, 1.82) is 0 Å². The van der Waals surface area contributed by atoms with E-state index in [0.717, 1.165) is 12.1 Å². The van der Waals surface area contributed by atoms with E-state index in [-0.39, 0.29) is 22.5 Å². The Labute approximate surface area is 154 Å². The van der Waals surface area contributed by atoms with E-state index in [1.165, 1.54) is 37.4 Å². The normalized spacial score (nSPS) is 10.3. The summed E-state index contributed by atoms with van der Waals surface area (Å²) in [6.07, 6.45) is 0. The topological polar surface area (TPSA) is 108 Å². The van der Waals surface area contributed by atoms with Gasteiger partial charge in [0.2, 0.25) is 5.78 Å². The van der Waals surface area contributed by atoms with E-state index >= 15 is 0 Å². The molecule has 0 bridgehead atoms. The minimum atomic E-state index is -0.925. The van der Waals surface area contributed by atoms with Gasteiger partial charge in [0.05, 0.1) is 22.7 Å². The molecular formula is C18H17FN2O6. The molecule has 1 N–H and O–H groups in total. The van der Waals surface area contributed by atoms with Crippen molar-refractivity contribution < 1.29 is 28.4 Å². The molecule has 142 valence electrons. The van der Waals surface area contributed by atoms with Crippen molar-refractivity contribution in [1.82, 2.24) is 0 Å². The van der Waals surface area contributed by atoms with Gasteiger partial charge in [0.25, 0.3) is 5.69 Å². The molecule has 0 aliphatic carbocycles. The number of nitro groups is 1. The third-order valence-electron chi connectivity index (χ3n) is 3.56. The number of Topliss-reactive ketones (excluding diaryl/α,β-unsaturated/α-hetero) is 1. The van der Waals surface area contributed by atoms with Crippen molar-refractivity contribution in [2.75, 3.05) is 32.2 Å². The average Bonchev–Trinajstić information content (AvgIpc) is 2.66. The van der Waals surface area contributed by atoms with Crippen molar-refractivity contribution in [2.45, 2.75) is 0 Å². The maximum Gasteiger partial charge on any atom is 0.338 e. The van der Waals surface area contributed by atoms with E-state index < -0.39 is 29.1 Å². The van der Waals surface area contributed by atoms with Crippen molar-refractivity contribution in [2.24, 2.45) is 0 Å². The van der Waals surface area contributed by atoms with Gasteiger partial charge < -0.3 is 14.8 Å². The van der Waals surface area contributed by atoms with Crippen molar-refractivity contribution in [3.05, 3.63) is 69.5 Å². The lowest BCUT2D eigenvalue weighted by atomic mass is 10.1. The number of benzene rings is 2. The Balaban J connectivity index is 2.07. The van der Waals surface area contributed by atoms with Gasteiger partial charge in [0, 0.05) is 19.7 Å². The lowest BCUT2D eigenvalue weighted by Crippen LogP contribution is -2.16. The van der Waals surface area contributed by atoms with E-state index in [2.05, 4.69) is 5.32 Å². The molecule has 0 saturated carbocycles. The third-order valence-corrected chi connectivity index (χ3v) is 3.56. The van der Waals surface area contributed by atoms with Gasteiger partial charge in [-0.05, 0) is 24.3 Å². The van der Waals surface area contributed by atoms with E-state index in [1.54, 1.807) is 0 Å². The maximum absolute atomic E-state index is 13.5. The van der Waals surface area contributed by atoms with E-state index in [4.69, 9.17) is 9.47 Å². The molecule has 0 unspecified atom stereocenters. The third kappa shape index (κ3) is 5.32. The molecule has 0 fully saturated rings. The molecule has 0 spiro atoms. The second kappa shape index (κ2) is 9.39. The quantitative estimate of drug-likeness (QED) is 0.236. The Morgan fingerprint density at radius 3 is 2.63 bits per heavy atom. The van der Waals surface area contributed by atoms with Gasteiger partial charge in [-0.2, -0.15) is 0 Å². The van der Waals surface area contributed by atoms with Crippen LogP contribution in [0, 0.1) is 15.9 Å². The number of hydrogen-bond acceptors (Lipinski definition) is 7. The standard InChI is InChI=1S/C18H17FN2O6/c1-26-9-8-20-15-7-6-12(10-16(15)21(24)25)18(23)27-11-17(22)13-4-2-3-5-14(13)19/h2-7,10,20H,8-9,11H2,1H3. The highest BCUT2D eigenvalue weighted by Gasteiger charge is 2.20. The summed E-state index contributed by atoms with van der Waals surface area (Å²) in [6.45, 7) is 0.0127. The molecule has 0 atom stereocenters. The second-order valence-electron chi connectivity index (χ2n) is 5.39. The summed E-state index contributed by atoms with van der Waals surface area (Å²) in [5, 5.41) is 14.0. The molecule has 0 aliphatic rings. The first-order chi connectivity index (χ1) is 12.9. The van der Waals surface area contributed by atoms with E-state index in [1.807, 2.05) is 0 Å². The predicted octanol–water partition coefficient (Wildman–Crippen LogP) is 2.83. The largest absolute Gasteiger partial charge is 0.454 e. The highest BCUT2D eigenvalue weighted by atomic mass is 19.1. The highest BCUT2D eigenvalue weighted by Crippen LogP contribution is 2.25. The number of ketones is 1. The Morgan fingerprint density at radius 2 is 1.96 bits per heavy atom. The number of nitrogens with zero attached hydrogens (tertiary/aromatic N) is 1. The summed E-state index contributed by atoms with van der Waals surface area (Å²) in [5.74, 6) is -2.36. The van der Waals surface area contributed by atoms with E-state index in [0.29, 0.717) is 13.2 Å². The summed E-state index contributed by atoms with van der Waals surface area (Å²) in [7, 11) is 1.50. The van der Waals surface area contributed by atoms with Crippen LogP contribution in [0.25, 0.3) is 0 Å². The summed E-state index contributed by atoms with van der Waals surface area (Å²) >= 11 is 0. The van der Waals surface area contributed by atoms with Crippen LogP contribution in [0.5, 0.6) is 0 Å². The molecule has 2 rings (SSSR count). The Hall–Kier alpha value is -3.33. The number of anilines is 1. The number of esters is 1. The zero-order valence-corrected chi connectivity index (χ0v) is 14.4. The molecule has 0 aliphatic heterocycles. The highest BCUT2D eigenvalue weighted by molar-refractivity contribution is 5.99. The summed E-state index contributed by atoms with van der Waals surface area (Å²) < 4.78 is 23.3. The van der Waals surface area contributed by atoms with Crippen LogP contribution in [0.4, 0.5) is 15.8 Å². The number of rotatable bonds is 9. The minimum absolute atomic E-state index is 0.0969. The van der Waals surface area contributed by atoms with Crippen LogP contribution >= 0.6 is 0 Å². The molecule has 0 saturated heterocycles. The molecule has 27 heavy (non-hydrogen) atoms. The lowest BCUT2D eigenvalue weighted by Gasteiger charge is -2.09. The lowest BCUT2D eigenvalue weighted by molar-refractivity contribution is -0.384. The number of methoxy groups -OCH3 is 1. The first-order valence-electron chi connectivity index (χ1n) is 7.90. The van der Waals surface area contributed by atoms with Gasteiger partial charge in [0.15, 0.2) is 6.61 Å². The number of carbonyl (C=O) groups is 2. The summed E-state index contributed by atoms with van der Waals surface area (Å²) in [4.78, 5) is 34.6. The van der Waals surface area contributed by atoms with E-state index in [9.17, 15) is 24.1 Å². The van der Waals surface area contributed by atoms with Crippen molar-refractivity contribution in [3.8, 4) is 0 Å². The van der Waals surface area contributed by atoms with Gasteiger partial charge >= 0.3 is 5.97 Å². The molecule has 0 aromatic heterocycles. The number of nitro benzene ring substituents is 1. The monoisotopic (exact) mass is 376 g/mol. The summed E-state index contributed by atoms with van der Waals surface area (Å²) in [6, 6.07) is 9.05. The number of carbonyl (C=O) groups excluding carboxylic acids is 2. The number of halogens is 1. The zero-order valence-electron chi connectivity index (χ0n) is 14.4. The Bertz CT molecular complexity index is 855. The molecule has 0 heterocycles. The first kappa shape index (κ1) is 20.0. The second-order valence-corrected chi connectivity index (χ2v) is 5.39. The number of ether oxygens (including phenoxy) is 2. The predicted molar refractivity (Wildman–Crippen MR) is 94.5 cm³/mol. The number of hydrogen-bond donors (Lipinski definition) is 1. The fourth-order valence-corrected chi connectivity index (χ4v) is 2.23. The van der Waals surface area contributed by atoms with Crippen LogP contribution in [0.3, 0.4) is 0 Å².